The quantitative estimate of drug-likeness (QED) is 0.566. The Kier molecular flexibility index (Phi) is 6.79. The Morgan fingerprint density at radius 2 is 1.90 bits per heavy atom. The summed E-state index contributed by atoms with van der Waals surface area (Å²) in [5.41, 5.74) is 2.69. The van der Waals surface area contributed by atoms with Crippen molar-refractivity contribution in [2.45, 2.75) is 25.3 Å². The number of benzene rings is 2. The molecule has 30 heavy (non-hydrogen) atoms. The number of para-hydroxylation sites is 1. The predicted octanol–water partition coefficient (Wildman–Crippen LogP) is 4.90. The largest absolute Gasteiger partial charge is 0.489 e. The molecule has 1 heterocycles. The molecule has 2 aromatic carbocycles. The molecule has 0 saturated carbocycles. The fourth-order valence-electron chi connectivity index (χ4n) is 2.63. The van der Waals surface area contributed by atoms with E-state index in [9.17, 15) is 9.59 Å². The number of amides is 2. The summed E-state index contributed by atoms with van der Waals surface area (Å²) in [6.07, 6.45) is 0. The van der Waals surface area contributed by atoms with E-state index in [0.29, 0.717) is 34.3 Å². The van der Waals surface area contributed by atoms with E-state index in [1.807, 2.05) is 26.0 Å². The maximum Gasteiger partial charge on any atom is 0.286 e. The normalized spacial score (nSPS) is 10.5. The van der Waals surface area contributed by atoms with E-state index in [0.717, 1.165) is 23.0 Å². The fourth-order valence-corrected chi connectivity index (χ4v) is 3.38. The van der Waals surface area contributed by atoms with Gasteiger partial charge in [0.25, 0.3) is 11.1 Å². The molecule has 0 saturated heterocycles. The van der Waals surface area contributed by atoms with Crippen LogP contribution in [0.1, 0.15) is 27.4 Å². The standard InChI is InChI=1S/C22H23N3O4S/c1-14-18(15(2)29-24-14)13-28-17-9-7-8-16(12-17)21(26)23-19-10-5-6-11-20(19)30-22(27)25(3)4/h5-12H,13H2,1-4H3,(H,23,26). The molecular weight excluding hydrogens is 402 g/mol. The minimum atomic E-state index is -0.289. The van der Waals surface area contributed by atoms with Gasteiger partial charge in [0.2, 0.25) is 0 Å². The van der Waals surface area contributed by atoms with E-state index in [4.69, 9.17) is 9.26 Å². The SMILES string of the molecule is Cc1noc(C)c1COc1cccc(C(=O)Nc2ccccc2SC(=O)N(C)C)c1. The maximum absolute atomic E-state index is 12.8. The lowest BCUT2D eigenvalue weighted by Crippen LogP contribution is -2.17. The van der Waals surface area contributed by atoms with Crippen molar-refractivity contribution >= 4 is 28.6 Å². The van der Waals surface area contributed by atoms with Gasteiger partial charge in [-0.3, -0.25) is 9.59 Å². The molecule has 0 aliphatic heterocycles. The molecule has 156 valence electrons. The van der Waals surface area contributed by atoms with Gasteiger partial charge in [-0.15, -0.1) is 0 Å². The lowest BCUT2D eigenvalue weighted by Gasteiger charge is -2.13. The van der Waals surface area contributed by atoms with Crippen LogP contribution < -0.4 is 10.1 Å². The highest BCUT2D eigenvalue weighted by molar-refractivity contribution is 8.13. The van der Waals surface area contributed by atoms with Gasteiger partial charge in [0, 0.05) is 24.6 Å². The lowest BCUT2D eigenvalue weighted by atomic mass is 10.2. The number of hydrogen-bond donors (Lipinski definition) is 1. The molecule has 2 amide bonds. The Labute approximate surface area is 179 Å². The van der Waals surface area contributed by atoms with E-state index in [1.165, 1.54) is 4.90 Å². The van der Waals surface area contributed by atoms with Crippen LogP contribution in [-0.2, 0) is 6.61 Å². The van der Waals surface area contributed by atoms with E-state index in [2.05, 4.69) is 10.5 Å². The third kappa shape index (κ3) is 5.21. The molecule has 8 heteroatoms. The first-order valence-corrected chi connectivity index (χ1v) is 10.1. The molecule has 0 aliphatic rings. The molecule has 0 atom stereocenters. The van der Waals surface area contributed by atoms with Crippen LogP contribution in [0, 0.1) is 13.8 Å². The minimum Gasteiger partial charge on any atom is -0.489 e. The van der Waals surface area contributed by atoms with Crippen LogP contribution in [-0.4, -0.2) is 35.3 Å². The third-order valence-electron chi connectivity index (χ3n) is 4.36. The molecule has 0 spiro atoms. The van der Waals surface area contributed by atoms with Gasteiger partial charge in [0.15, 0.2) is 0 Å². The van der Waals surface area contributed by atoms with Crippen molar-refractivity contribution in [3.05, 3.63) is 71.1 Å². The Balaban J connectivity index is 1.71. The van der Waals surface area contributed by atoms with E-state index >= 15 is 0 Å². The Bertz CT molecular complexity index is 1040. The van der Waals surface area contributed by atoms with Crippen LogP contribution in [0.4, 0.5) is 10.5 Å². The second-order valence-corrected chi connectivity index (χ2v) is 7.83. The number of carbonyl (C=O) groups is 2. The fraction of sp³-hybridized carbons (Fsp3) is 0.227. The summed E-state index contributed by atoms with van der Waals surface area (Å²) in [7, 11) is 3.37. The van der Waals surface area contributed by atoms with Gasteiger partial charge in [0.05, 0.1) is 16.9 Å². The molecule has 0 radical (unpaired) electrons. The average molecular weight is 426 g/mol. The smallest absolute Gasteiger partial charge is 0.286 e. The number of hydrogen-bond acceptors (Lipinski definition) is 6. The van der Waals surface area contributed by atoms with Gasteiger partial charge in [-0.1, -0.05) is 23.4 Å². The predicted molar refractivity (Wildman–Crippen MR) is 116 cm³/mol. The second-order valence-electron chi connectivity index (χ2n) is 6.83. The monoisotopic (exact) mass is 425 g/mol. The molecule has 3 aromatic rings. The zero-order valence-corrected chi connectivity index (χ0v) is 18.1. The first kappa shape index (κ1) is 21.4. The van der Waals surface area contributed by atoms with Crippen molar-refractivity contribution in [2.24, 2.45) is 0 Å². The summed E-state index contributed by atoms with van der Waals surface area (Å²) >= 11 is 1.06. The lowest BCUT2D eigenvalue weighted by molar-refractivity contribution is 0.102. The van der Waals surface area contributed by atoms with Crippen molar-refractivity contribution in [3.8, 4) is 5.75 Å². The topological polar surface area (TPSA) is 84.7 Å². The molecule has 1 aromatic heterocycles. The first-order chi connectivity index (χ1) is 14.3. The molecule has 0 unspecified atom stereocenters. The zero-order chi connectivity index (χ0) is 21.7. The summed E-state index contributed by atoms with van der Waals surface area (Å²) in [6.45, 7) is 3.99. The molecule has 0 fully saturated rings. The number of ether oxygens (including phenoxy) is 1. The highest BCUT2D eigenvalue weighted by Gasteiger charge is 2.14. The van der Waals surface area contributed by atoms with Gasteiger partial charge in [-0.25, -0.2) is 0 Å². The molecule has 7 nitrogen and oxygen atoms in total. The summed E-state index contributed by atoms with van der Waals surface area (Å²) < 4.78 is 11.0. The number of carbonyl (C=O) groups excluding carboxylic acids is 2. The van der Waals surface area contributed by atoms with Gasteiger partial charge in [0.1, 0.15) is 18.1 Å². The van der Waals surface area contributed by atoms with Crippen molar-refractivity contribution in [1.29, 1.82) is 0 Å². The van der Waals surface area contributed by atoms with Crippen LogP contribution in [0.3, 0.4) is 0 Å². The van der Waals surface area contributed by atoms with Crippen molar-refractivity contribution < 1.29 is 18.8 Å². The average Bonchev–Trinajstić information content (AvgIpc) is 3.05. The van der Waals surface area contributed by atoms with Crippen molar-refractivity contribution in [3.63, 3.8) is 0 Å². The highest BCUT2D eigenvalue weighted by atomic mass is 32.2. The van der Waals surface area contributed by atoms with E-state index in [-0.39, 0.29) is 11.1 Å². The number of aromatic nitrogens is 1. The Morgan fingerprint density at radius 3 is 2.60 bits per heavy atom. The van der Waals surface area contributed by atoms with Crippen molar-refractivity contribution in [1.82, 2.24) is 10.1 Å². The van der Waals surface area contributed by atoms with Gasteiger partial charge in [-0.2, -0.15) is 0 Å². The first-order valence-electron chi connectivity index (χ1n) is 9.29. The number of thioether (sulfide) groups is 1. The summed E-state index contributed by atoms with van der Waals surface area (Å²) in [5, 5.41) is 6.67. The van der Waals surface area contributed by atoms with E-state index < -0.39 is 0 Å². The Hall–Kier alpha value is -3.26. The Morgan fingerprint density at radius 1 is 1.13 bits per heavy atom. The minimum absolute atomic E-state index is 0.119. The number of nitrogens with zero attached hydrogens (tertiary/aromatic N) is 2. The van der Waals surface area contributed by atoms with Gasteiger partial charge in [-0.05, 0) is 55.9 Å². The third-order valence-corrected chi connectivity index (χ3v) is 5.47. The van der Waals surface area contributed by atoms with Crippen LogP contribution in [0.25, 0.3) is 0 Å². The number of nitrogens with one attached hydrogen (secondary N) is 1. The molecule has 1 N–H and O–H groups in total. The summed E-state index contributed by atoms with van der Waals surface area (Å²) in [4.78, 5) is 27.0. The van der Waals surface area contributed by atoms with Gasteiger partial charge < -0.3 is 19.5 Å². The van der Waals surface area contributed by atoms with Crippen LogP contribution in [0.5, 0.6) is 5.75 Å². The number of anilines is 1. The molecular formula is C22H23N3O4S. The second kappa shape index (κ2) is 9.49. The molecule has 0 aliphatic carbocycles. The summed E-state index contributed by atoms with van der Waals surface area (Å²) in [5.74, 6) is 0.985. The van der Waals surface area contributed by atoms with E-state index in [1.54, 1.807) is 50.5 Å². The molecule has 0 bridgehead atoms. The van der Waals surface area contributed by atoms with Crippen LogP contribution in [0.2, 0.25) is 0 Å². The number of aryl methyl sites for hydroxylation is 2. The maximum atomic E-state index is 12.8. The van der Waals surface area contributed by atoms with Crippen molar-refractivity contribution in [2.75, 3.05) is 19.4 Å². The number of rotatable bonds is 6. The van der Waals surface area contributed by atoms with Gasteiger partial charge >= 0.3 is 0 Å². The zero-order valence-electron chi connectivity index (χ0n) is 17.3. The van der Waals surface area contributed by atoms with Crippen LogP contribution >= 0.6 is 11.8 Å². The van der Waals surface area contributed by atoms with Crippen LogP contribution in [0.15, 0.2) is 57.9 Å². The highest BCUT2D eigenvalue weighted by Crippen LogP contribution is 2.29. The molecule has 3 rings (SSSR count). The summed E-state index contributed by atoms with van der Waals surface area (Å²) in [6, 6.07) is 14.1.